The molecule has 1 aromatic heterocycles. The number of methoxy groups -OCH3 is 1. The number of hydrogen-bond acceptors (Lipinski definition) is 4. The number of benzene rings is 3. The fourth-order valence-corrected chi connectivity index (χ4v) is 5.08. The zero-order chi connectivity index (χ0) is 25.7. The molecule has 3 aromatic carbocycles. The maximum Gasteiger partial charge on any atom is 0.300 e. The van der Waals surface area contributed by atoms with Gasteiger partial charge in [0.25, 0.3) is 11.7 Å². The number of aliphatic hydroxyl groups is 1. The Bertz CT molecular complexity index is 1560. The molecule has 1 saturated heterocycles. The van der Waals surface area contributed by atoms with Crippen LogP contribution in [0.25, 0.3) is 16.7 Å². The van der Waals surface area contributed by atoms with E-state index >= 15 is 0 Å². The standard InChI is InChI=1S/C29H25FN2O4/c1-16-11-17(2)13-19(12-16)32-26(22-15-31(3)23-8-6-5-7-20(22)23)25(28(34)29(32)35)27(33)21-14-18(30)9-10-24(21)36-4/h5-15,26,33H,1-4H3/b27-25+. The van der Waals surface area contributed by atoms with Crippen LogP contribution in [0, 0.1) is 19.7 Å². The molecule has 0 spiro atoms. The van der Waals surface area contributed by atoms with Gasteiger partial charge in [0.15, 0.2) is 0 Å². The van der Waals surface area contributed by atoms with E-state index in [9.17, 15) is 19.1 Å². The molecule has 6 nitrogen and oxygen atoms in total. The smallest absolute Gasteiger partial charge is 0.300 e. The van der Waals surface area contributed by atoms with E-state index in [1.807, 2.05) is 74.1 Å². The van der Waals surface area contributed by atoms with Crippen LogP contribution in [0.5, 0.6) is 5.75 Å². The number of fused-ring (bicyclic) bond motifs is 1. The van der Waals surface area contributed by atoms with Crippen LogP contribution >= 0.6 is 0 Å². The Labute approximate surface area is 207 Å². The number of aryl methyl sites for hydroxylation is 3. The predicted molar refractivity (Wildman–Crippen MR) is 137 cm³/mol. The number of carbonyl (C=O) groups excluding carboxylic acids is 2. The third-order valence-electron chi connectivity index (χ3n) is 6.57. The van der Waals surface area contributed by atoms with Gasteiger partial charge < -0.3 is 14.4 Å². The van der Waals surface area contributed by atoms with Crippen LogP contribution in [0.4, 0.5) is 10.1 Å². The number of anilines is 1. The summed E-state index contributed by atoms with van der Waals surface area (Å²) < 4.78 is 21.5. The number of Topliss-reactive ketones (excluding diaryl/α,β-unsaturated/α-hetero) is 1. The molecule has 36 heavy (non-hydrogen) atoms. The summed E-state index contributed by atoms with van der Waals surface area (Å²) in [7, 11) is 3.27. The highest BCUT2D eigenvalue weighted by Crippen LogP contribution is 2.45. The van der Waals surface area contributed by atoms with Gasteiger partial charge in [0.2, 0.25) is 0 Å². The Morgan fingerprint density at radius 3 is 2.39 bits per heavy atom. The number of nitrogens with zero attached hydrogens (tertiary/aromatic N) is 2. The first kappa shape index (κ1) is 23.4. The molecular weight excluding hydrogens is 459 g/mol. The van der Waals surface area contributed by atoms with Gasteiger partial charge in [0.1, 0.15) is 17.3 Å². The van der Waals surface area contributed by atoms with Crippen molar-refractivity contribution in [1.29, 1.82) is 0 Å². The molecule has 0 radical (unpaired) electrons. The molecule has 0 aliphatic carbocycles. The van der Waals surface area contributed by atoms with Gasteiger partial charge in [-0.05, 0) is 61.4 Å². The lowest BCUT2D eigenvalue weighted by Crippen LogP contribution is -2.29. The molecule has 1 fully saturated rings. The Morgan fingerprint density at radius 2 is 1.69 bits per heavy atom. The molecular formula is C29H25FN2O4. The van der Waals surface area contributed by atoms with E-state index in [2.05, 4.69) is 0 Å². The highest BCUT2D eigenvalue weighted by atomic mass is 19.1. The molecule has 1 N–H and O–H groups in total. The van der Waals surface area contributed by atoms with E-state index in [4.69, 9.17) is 4.74 Å². The normalized spacial score (nSPS) is 17.2. The number of ketones is 1. The highest BCUT2D eigenvalue weighted by Gasteiger charge is 2.48. The second kappa shape index (κ2) is 8.68. The summed E-state index contributed by atoms with van der Waals surface area (Å²) in [5.41, 5.74) is 3.84. The van der Waals surface area contributed by atoms with E-state index in [1.54, 1.807) is 0 Å². The average Bonchev–Trinajstić information content (AvgIpc) is 3.31. The van der Waals surface area contributed by atoms with Crippen molar-refractivity contribution in [3.05, 3.63) is 101 Å². The van der Waals surface area contributed by atoms with Crippen molar-refractivity contribution in [1.82, 2.24) is 4.57 Å². The largest absolute Gasteiger partial charge is 0.507 e. The number of amides is 1. The molecule has 1 unspecified atom stereocenters. The lowest BCUT2D eigenvalue weighted by molar-refractivity contribution is -0.132. The van der Waals surface area contributed by atoms with Gasteiger partial charge in [0, 0.05) is 35.4 Å². The van der Waals surface area contributed by atoms with Gasteiger partial charge in [-0.15, -0.1) is 0 Å². The fourth-order valence-electron chi connectivity index (χ4n) is 5.08. The van der Waals surface area contributed by atoms with E-state index < -0.39 is 29.3 Å². The zero-order valence-corrected chi connectivity index (χ0v) is 20.4. The number of rotatable bonds is 4. The lowest BCUT2D eigenvalue weighted by atomic mass is 9.94. The molecule has 0 saturated carbocycles. The summed E-state index contributed by atoms with van der Waals surface area (Å²) in [6, 6.07) is 16.0. The predicted octanol–water partition coefficient (Wildman–Crippen LogP) is 5.57. The molecule has 1 atom stereocenters. The van der Waals surface area contributed by atoms with Crippen LogP contribution in [-0.2, 0) is 16.6 Å². The van der Waals surface area contributed by atoms with Crippen molar-refractivity contribution in [3.63, 3.8) is 0 Å². The molecule has 182 valence electrons. The number of ether oxygens (including phenoxy) is 1. The Hall–Kier alpha value is -4.39. The van der Waals surface area contributed by atoms with Crippen molar-refractivity contribution in [2.75, 3.05) is 12.0 Å². The summed E-state index contributed by atoms with van der Waals surface area (Å²) in [6.07, 6.45) is 1.85. The maximum atomic E-state index is 14.2. The second-order valence-corrected chi connectivity index (χ2v) is 9.07. The van der Waals surface area contributed by atoms with E-state index in [0.717, 1.165) is 28.1 Å². The highest BCUT2D eigenvalue weighted by molar-refractivity contribution is 6.52. The van der Waals surface area contributed by atoms with Gasteiger partial charge >= 0.3 is 0 Å². The number of hydrogen-bond donors (Lipinski definition) is 1. The molecule has 0 bridgehead atoms. The Balaban J connectivity index is 1.85. The minimum atomic E-state index is -0.940. The number of halogens is 1. The third kappa shape index (κ3) is 3.64. The summed E-state index contributed by atoms with van der Waals surface area (Å²) >= 11 is 0. The summed E-state index contributed by atoms with van der Waals surface area (Å²) in [4.78, 5) is 28.5. The second-order valence-electron chi connectivity index (χ2n) is 9.07. The minimum absolute atomic E-state index is 0.00107. The zero-order valence-electron chi connectivity index (χ0n) is 20.4. The summed E-state index contributed by atoms with van der Waals surface area (Å²) in [5.74, 6) is -2.54. The molecule has 7 heteroatoms. The van der Waals surface area contributed by atoms with Crippen LogP contribution in [0.1, 0.15) is 28.3 Å². The first-order valence-corrected chi connectivity index (χ1v) is 11.5. The van der Waals surface area contributed by atoms with Gasteiger partial charge in [-0.2, -0.15) is 0 Å². The first-order chi connectivity index (χ1) is 17.2. The van der Waals surface area contributed by atoms with Crippen molar-refractivity contribution < 1.29 is 23.8 Å². The van der Waals surface area contributed by atoms with Crippen LogP contribution in [0.15, 0.2) is 72.4 Å². The quantitative estimate of drug-likeness (QED) is 0.234. The Kier molecular flexibility index (Phi) is 5.63. The molecule has 5 rings (SSSR count). The number of aromatic nitrogens is 1. The van der Waals surface area contributed by atoms with Crippen LogP contribution in [0.2, 0.25) is 0 Å². The van der Waals surface area contributed by atoms with E-state index in [0.29, 0.717) is 11.3 Å². The maximum absolute atomic E-state index is 14.2. The topological polar surface area (TPSA) is 71.8 Å². The Morgan fingerprint density at radius 1 is 1.00 bits per heavy atom. The van der Waals surface area contributed by atoms with Crippen molar-refractivity contribution in [3.8, 4) is 5.75 Å². The van der Waals surface area contributed by atoms with Crippen LogP contribution < -0.4 is 9.64 Å². The van der Waals surface area contributed by atoms with Gasteiger partial charge in [-0.3, -0.25) is 14.5 Å². The number of para-hydroxylation sites is 1. The summed E-state index contributed by atoms with van der Waals surface area (Å²) in [6.45, 7) is 3.83. The van der Waals surface area contributed by atoms with E-state index in [1.165, 1.54) is 24.1 Å². The minimum Gasteiger partial charge on any atom is -0.507 e. The monoisotopic (exact) mass is 484 g/mol. The SMILES string of the molecule is COc1ccc(F)cc1/C(O)=C1\C(=O)C(=O)N(c2cc(C)cc(C)c2)C1c1cn(C)c2ccccc12. The van der Waals surface area contributed by atoms with Crippen LogP contribution in [0.3, 0.4) is 0 Å². The van der Waals surface area contributed by atoms with E-state index in [-0.39, 0.29) is 16.9 Å². The van der Waals surface area contributed by atoms with Crippen LogP contribution in [-0.4, -0.2) is 28.5 Å². The van der Waals surface area contributed by atoms with Crippen molar-refractivity contribution >= 4 is 34.0 Å². The molecule has 1 aliphatic rings. The molecule has 1 amide bonds. The van der Waals surface area contributed by atoms with Gasteiger partial charge in [-0.1, -0.05) is 24.3 Å². The lowest BCUT2D eigenvalue weighted by Gasteiger charge is -2.26. The third-order valence-corrected chi connectivity index (χ3v) is 6.57. The summed E-state index contributed by atoms with van der Waals surface area (Å²) in [5, 5.41) is 12.3. The van der Waals surface area contributed by atoms with Gasteiger partial charge in [0.05, 0.1) is 24.3 Å². The molecule has 4 aromatic rings. The average molecular weight is 485 g/mol. The van der Waals surface area contributed by atoms with Crippen molar-refractivity contribution in [2.45, 2.75) is 19.9 Å². The number of aliphatic hydroxyl groups excluding tert-OH is 1. The van der Waals surface area contributed by atoms with Gasteiger partial charge in [-0.25, -0.2) is 4.39 Å². The number of carbonyl (C=O) groups is 2. The molecule has 1 aliphatic heterocycles. The molecule has 2 heterocycles. The van der Waals surface area contributed by atoms with Crippen molar-refractivity contribution in [2.24, 2.45) is 7.05 Å². The fraction of sp³-hybridized carbons (Fsp3) is 0.172. The first-order valence-electron chi connectivity index (χ1n) is 11.5.